The largest absolute Gasteiger partial charge is 0.466 e. The van der Waals surface area contributed by atoms with Crippen molar-refractivity contribution in [1.29, 1.82) is 0 Å². The molecule has 0 saturated carbocycles. The smallest absolute Gasteiger partial charge is 0.410 e. The Morgan fingerprint density at radius 1 is 1.29 bits per heavy atom. The van der Waals surface area contributed by atoms with Crippen molar-refractivity contribution in [3.63, 3.8) is 0 Å². The maximum Gasteiger partial charge on any atom is 0.410 e. The summed E-state index contributed by atoms with van der Waals surface area (Å²) in [6.07, 6.45) is -0.961. The number of ketones is 1. The summed E-state index contributed by atoms with van der Waals surface area (Å²) in [4.78, 5) is 38.3. The number of esters is 1. The summed E-state index contributed by atoms with van der Waals surface area (Å²) in [5.41, 5.74) is -0.432. The first kappa shape index (κ1) is 22.1. The van der Waals surface area contributed by atoms with Crippen LogP contribution < -0.4 is 0 Å². The Labute approximate surface area is 168 Å². The van der Waals surface area contributed by atoms with E-state index in [0.29, 0.717) is 10.6 Å². The third-order valence-corrected chi connectivity index (χ3v) is 4.56. The molecule has 8 heteroatoms. The van der Waals surface area contributed by atoms with E-state index in [4.69, 9.17) is 21.1 Å². The topological polar surface area (TPSA) is 72.9 Å². The Bertz CT molecular complexity index is 761. The minimum Gasteiger partial charge on any atom is -0.466 e. The fourth-order valence-corrected chi connectivity index (χ4v) is 3.37. The molecule has 1 fully saturated rings. The molecule has 1 aliphatic heterocycles. The van der Waals surface area contributed by atoms with Crippen molar-refractivity contribution in [3.8, 4) is 0 Å². The van der Waals surface area contributed by atoms with Gasteiger partial charge in [0.2, 0.25) is 0 Å². The Balaban J connectivity index is 2.27. The first-order chi connectivity index (χ1) is 13.0. The molecule has 0 N–H and O–H groups in total. The molecule has 0 radical (unpaired) electrons. The van der Waals surface area contributed by atoms with Gasteiger partial charge in [-0.1, -0.05) is 11.6 Å². The molecule has 6 nitrogen and oxygen atoms in total. The summed E-state index contributed by atoms with van der Waals surface area (Å²) in [6.45, 7) is 7.02. The fraction of sp³-hybridized carbons (Fsp3) is 0.550. The van der Waals surface area contributed by atoms with E-state index in [1.54, 1.807) is 27.7 Å². The molecule has 0 spiro atoms. The van der Waals surface area contributed by atoms with Gasteiger partial charge < -0.3 is 9.47 Å². The number of halogens is 2. The molecule has 0 bridgehead atoms. The Morgan fingerprint density at radius 2 is 1.96 bits per heavy atom. The number of nitrogens with zero attached hydrogens (tertiary/aromatic N) is 1. The molecule has 2 atom stereocenters. The van der Waals surface area contributed by atoms with Gasteiger partial charge in [-0.3, -0.25) is 14.5 Å². The second kappa shape index (κ2) is 8.90. The summed E-state index contributed by atoms with van der Waals surface area (Å²) in [5, 5.41) is 0.363. The Morgan fingerprint density at radius 3 is 2.57 bits per heavy atom. The number of rotatable bonds is 5. The van der Waals surface area contributed by atoms with Crippen LogP contribution in [0, 0.1) is 5.82 Å². The summed E-state index contributed by atoms with van der Waals surface area (Å²) < 4.78 is 24.5. The molecule has 2 rings (SSSR count). The molecule has 0 aliphatic carbocycles. The van der Waals surface area contributed by atoms with Crippen LogP contribution in [-0.2, 0) is 19.1 Å². The van der Waals surface area contributed by atoms with Gasteiger partial charge in [-0.05, 0) is 57.9 Å². The van der Waals surface area contributed by atoms with Gasteiger partial charge >= 0.3 is 12.1 Å². The highest BCUT2D eigenvalue weighted by Crippen LogP contribution is 2.36. The quantitative estimate of drug-likeness (QED) is 0.537. The van der Waals surface area contributed by atoms with E-state index in [1.165, 1.54) is 23.1 Å². The van der Waals surface area contributed by atoms with Gasteiger partial charge in [0, 0.05) is 17.5 Å². The van der Waals surface area contributed by atoms with Crippen molar-refractivity contribution in [2.75, 3.05) is 13.2 Å². The number of carbonyl (C=O) groups excluding carboxylic acids is 3. The van der Waals surface area contributed by atoms with Gasteiger partial charge in [-0.25, -0.2) is 9.18 Å². The van der Waals surface area contributed by atoms with E-state index in [1.807, 2.05) is 0 Å². The SMILES string of the molecule is CCOC(=O)CC(=O)C1C[C@H](c2cc(Cl)ccc2F)CN1C(=O)OC(C)(C)C. The molecule has 1 aromatic carbocycles. The minimum atomic E-state index is -0.900. The maximum atomic E-state index is 14.3. The first-order valence-electron chi connectivity index (χ1n) is 9.14. The zero-order valence-electron chi connectivity index (χ0n) is 16.5. The van der Waals surface area contributed by atoms with Crippen LogP contribution in [0.4, 0.5) is 9.18 Å². The van der Waals surface area contributed by atoms with Crippen molar-refractivity contribution < 1.29 is 28.2 Å². The number of hydrogen-bond acceptors (Lipinski definition) is 5. The van der Waals surface area contributed by atoms with Crippen molar-refractivity contribution >= 4 is 29.4 Å². The molecule has 1 amide bonds. The van der Waals surface area contributed by atoms with Crippen LogP contribution in [0.1, 0.15) is 52.0 Å². The molecule has 1 aliphatic rings. The van der Waals surface area contributed by atoms with Gasteiger partial charge in [0.25, 0.3) is 0 Å². The number of benzene rings is 1. The molecule has 1 unspecified atom stereocenters. The number of Topliss-reactive ketones (excluding diaryl/α,β-unsaturated/α-hetero) is 1. The molecule has 0 aromatic heterocycles. The Kier molecular flexibility index (Phi) is 7.04. The number of carbonyl (C=O) groups is 3. The van der Waals surface area contributed by atoms with Gasteiger partial charge in [-0.15, -0.1) is 0 Å². The number of hydrogen-bond donors (Lipinski definition) is 0. The molecule has 1 aromatic rings. The Hall–Kier alpha value is -2.15. The first-order valence-corrected chi connectivity index (χ1v) is 9.52. The third kappa shape index (κ3) is 5.67. The van der Waals surface area contributed by atoms with Gasteiger partial charge in [0.15, 0.2) is 5.78 Å². The highest BCUT2D eigenvalue weighted by Gasteiger charge is 2.43. The fourth-order valence-electron chi connectivity index (χ4n) is 3.19. The van der Waals surface area contributed by atoms with E-state index < -0.39 is 47.6 Å². The molecule has 1 saturated heterocycles. The second-order valence-electron chi connectivity index (χ2n) is 7.70. The summed E-state index contributed by atoms with van der Waals surface area (Å²) >= 11 is 5.98. The molecule has 1 heterocycles. The van der Waals surface area contributed by atoms with E-state index in [0.717, 1.165) is 0 Å². The number of amides is 1. The average Bonchev–Trinajstić information content (AvgIpc) is 3.01. The third-order valence-electron chi connectivity index (χ3n) is 4.32. The zero-order chi connectivity index (χ0) is 21.1. The van der Waals surface area contributed by atoms with Crippen molar-refractivity contribution in [1.82, 2.24) is 4.90 Å². The van der Waals surface area contributed by atoms with Crippen LogP contribution in [0.25, 0.3) is 0 Å². The van der Waals surface area contributed by atoms with Crippen LogP contribution in [-0.4, -0.2) is 47.5 Å². The monoisotopic (exact) mass is 413 g/mol. The van der Waals surface area contributed by atoms with Crippen LogP contribution in [0.3, 0.4) is 0 Å². The molecule has 28 heavy (non-hydrogen) atoms. The highest BCUT2D eigenvalue weighted by molar-refractivity contribution is 6.30. The zero-order valence-corrected chi connectivity index (χ0v) is 17.2. The van der Waals surface area contributed by atoms with Gasteiger partial charge in [0.05, 0.1) is 12.6 Å². The number of likely N-dealkylation sites (tertiary alicyclic amines) is 1. The average molecular weight is 414 g/mol. The maximum absolute atomic E-state index is 14.3. The molecular formula is C20H25ClFNO5. The lowest BCUT2D eigenvalue weighted by molar-refractivity contribution is -0.146. The van der Waals surface area contributed by atoms with Crippen LogP contribution >= 0.6 is 11.6 Å². The van der Waals surface area contributed by atoms with Gasteiger partial charge in [0.1, 0.15) is 17.8 Å². The summed E-state index contributed by atoms with van der Waals surface area (Å²) in [6, 6.07) is 3.28. The summed E-state index contributed by atoms with van der Waals surface area (Å²) in [5.74, 6) is -2.03. The van der Waals surface area contributed by atoms with Crippen LogP contribution in [0.15, 0.2) is 18.2 Å². The second-order valence-corrected chi connectivity index (χ2v) is 8.13. The minimum absolute atomic E-state index is 0.0887. The lowest BCUT2D eigenvalue weighted by Crippen LogP contribution is -2.44. The van der Waals surface area contributed by atoms with Crippen LogP contribution in [0.5, 0.6) is 0 Å². The van der Waals surface area contributed by atoms with Crippen molar-refractivity contribution in [2.24, 2.45) is 0 Å². The van der Waals surface area contributed by atoms with Crippen molar-refractivity contribution in [2.45, 2.75) is 58.1 Å². The predicted molar refractivity (Wildman–Crippen MR) is 102 cm³/mol. The van der Waals surface area contributed by atoms with E-state index in [9.17, 15) is 18.8 Å². The normalized spacial score (nSPS) is 19.4. The standard InChI is InChI=1S/C20H25ClFNO5/c1-5-27-18(25)10-17(24)16-8-12(14-9-13(21)6-7-15(14)22)11-23(16)19(26)28-20(2,3)4/h6-7,9,12,16H,5,8,10-11H2,1-4H3/t12-,16?/m0/s1. The molecule has 154 valence electrons. The molecular weight excluding hydrogens is 389 g/mol. The van der Waals surface area contributed by atoms with E-state index >= 15 is 0 Å². The van der Waals surface area contributed by atoms with E-state index in [-0.39, 0.29) is 19.6 Å². The highest BCUT2D eigenvalue weighted by atomic mass is 35.5. The lowest BCUT2D eigenvalue weighted by Gasteiger charge is -2.27. The van der Waals surface area contributed by atoms with Crippen LogP contribution in [0.2, 0.25) is 5.02 Å². The van der Waals surface area contributed by atoms with E-state index in [2.05, 4.69) is 0 Å². The van der Waals surface area contributed by atoms with Gasteiger partial charge in [-0.2, -0.15) is 0 Å². The summed E-state index contributed by atoms with van der Waals surface area (Å²) in [7, 11) is 0. The predicted octanol–water partition coefficient (Wildman–Crippen LogP) is 4.09. The number of ether oxygens (including phenoxy) is 2. The van der Waals surface area contributed by atoms with Crippen molar-refractivity contribution in [3.05, 3.63) is 34.6 Å². The lowest BCUT2D eigenvalue weighted by atomic mass is 9.94.